The Hall–Kier alpha value is -2.82. The molecule has 1 heterocycles. The molecule has 0 aliphatic heterocycles. The Labute approximate surface area is 183 Å². The predicted molar refractivity (Wildman–Crippen MR) is 110 cm³/mol. The minimum atomic E-state index is -4.29. The second-order valence-corrected chi connectivity index (χ2v) is 9.01. The molecular weight excluding hydrogens is 449 g/mol. The molecule has 0 spiro atoms. The summed E-state index contributed by atoms with van der Waals surface area (Å²) in [6.45, 7) is 2.90. The zero-order chi connectivity index (χ0) is 22.6. The van der Waals surface area contributed by atoms with Gasteiger partial charge in [0.15, 0.2) is 6.61 Å². The van der Waals surface area contributed by atoms with Gasteiger partial charge in [-0.2, -0.15) is 4.72 Å². The molecular formula is C20H19ClFN3O5S. The van der Waals surface area contributed by atoms with Gasteiger partial charge in [-0.05, 0) is 42.3 Å². The molecule has 0 saturated heterocycles. The second kappa shape index (κ2) is 9.54. The highest BCUT2D eigenvalue weighted by Crippen LogP contribution is 2.21. The first-order chi connectivity index (χ1) is 14.7. The summed E-state index contributed by atoms with van der Waals surface area (Å²) in [4.78, 5) is 12.0. The lowest BCUT2D eigenvalue weighted by atomic mass is 10.1. The number of esters is 1. The van der Waals surface area contributed by atoms with E-state index in [0.29, 0.717) is 10.6 Å². The van der Waals surface area contributed by atoms with Crippen molar-refractivity contribution in [1.82, 2.24) is 14.9 Å². The Morgan fingerprint density at radius 3 is 2.48 bits per heavy atom. The van der Waals surface area contributed by atoms with Crippen molar-refractivity contribution >= 4 is 27.6 Å². The summed E-state index contributed by atoms with van der Waals surface area (Å²) in [6, 6.07) is 10.3. The van der Waals surface area contributed by atoms with E-state index in [0.717, 1.165) is 12.1 Å². The zero-order valence-corrected chi connectivity index (χ0v) is 18.2. The van der Waals surface area contributed by atoms with Crippen LogP contribution in [0.3, 0.4) is 0 Å². The molecule has 0 saturated carbocycles. The van der Waals surface area contributed by atoms with Crippen molar-refractivity contribution in [2.24, 2.45) is 5.92 Å². The summed E-state index contributed by atoms with van der Waals surface area (Å²) >= 11 is 5.84. The number of nitrogens with one attached hydrogen (secondary N) is 1. The van der Waals surface area contributed by atoms with Gasteiger partial charge in [-0.3, -0.25) is 4.79 Å². The number of hydrogen-bond acceptors (Lipinski definition) is 7. The quantitative estimate of drug-likeness (QED) is 0.504. The maximum Gasteiger partial charge on any atom is 0.324 e. The molecule has 164 valence electrons. The van der Waals surface area contributed by atoms with Gasteiger partial charge >= 0.3 is 5.97 Å². The Morgan fingerprint density at radius 2 is 1.84 bits per heavy atom. The molecule has 1 atom stereocenters. The van der Waals surface area contributed by atoms with Gasteiger partial charge in [0.05, 0.1) is 0 Å². The van der Waals surface area contributed by atoms with Crippen LogP contribution in [0.5, 0.6) is 0 Å². The molecule has 0 amide bonds. The number of hydrogen-bond donors (Lipinski definition) is 1. The topological polar surface area (TPSA) is 111 Å². The van der Waals surface area contributed by atoms with E-state index in [9.17, 15) is 17.6 Å². The van der Waals surface area contributed by atoms with Gasteiger partial charge in [0.1, 0.15) is 16.8 Å². The van der Waals surface area contributed by atoms with Crippen LogP contribution in [0.15, 0.2) is 57.8 Å². The number of ether oxygens (including phenoxy) is 1. The third kappa shape index (κ3) is 5.66. The SMILES string of the molecule is CC(C)[C@H](NS(=O)(=O)c1ccccc1F)C(=O)OCc1nnc(-c2ccc(Cl)cc2)o1. The molecule has 3 aromatic rings. The molecule has 0 aliphatic rings. The van der Waals surface area contributed by atoms with Crippen LogP contribution in [-0.2, 0) is 26.2 Å². The Balaban J connectivity index is 1.68. The summed E-state index contributed by atoms with van der Waals surface area (Å²) in [5.41, 5.74) is 0.632. The normalized spacial score (nSPS) is 12.7. The van der Waals surface area contributed by atoms with Crippen molar-refractivity contribution in [3.8, 4) is 11.5 Å². The molecule has 1 aromatic heterocycles. The zero-order valence-electron chi connectivity index (χ0n) is 16.6. The third-order valence-corrected chi connectivity index (χ3v) is 5.95. The molecule has 3 rings (SSSR count). The summed E-state index contributed by atoms with van der Waals surface area (Å²) < 4.78 is 51.8. The Bertz CT molecular complexity index is 1170. The van der Waals surface area contributed by atoms with E-state index < -0.39 is 38.7 Å². The van der Waals surface area contributed by atoms with Crippen LogP contribution in [0.1, 0.15) is 19.7 Å². The van der Waals surface area contributed by atoms with Crippen LogP contribution in [-0.4, -0.2) is 30.6 Å². The fourth-order valence-electron chi connectivity index (χ4n) is 2.59. The first-order valence-corrected chi connectivity index (χ1v) is 11.1. The monoisotopic (exact) mass is 467 g/mol. The maximum atomic E-state index is 13.9. The molecule has 2 aromatic carbocycles. The van der Waals surface area contributed by atoms with Gasteiger partial charge in [-0.25, -0.2) is 12.8 Å². The number of carbonyl (C=O) groups excluding carboxylic acids is 1. The van der Waals surface area contributed by atoms with Gasteiger partial charge in [0.2, 0.25) is 15.9 Å². The number of nitrogens with zero attached hydrogens (tertiary/aromatic N) is 2. The van der Waals surface area contributed by atoms with E-state index >= 15 is 0 Å². The lowest BCUT2D eigenvalue weighted by molar-refractivity contribution is -0.148. The van der Waals surface area contributed by atoms with E-state index in [1.165, 1.54) is 12.1 Å². The largest absolute Gasteiger partial charge is 0.454 e. The molecule has 31 heavy (non-hydrogen) atoms. The number of rotatable bonds is 8. The summed E-state index contributed by atoms with van der Waals surface area (Å²) in [5.74, 6) is -2.02. The predicted octanol–water partition coefficient (Wildman–Crippen LogP) is 3.58. The summed E-state index contributed by atoms with van der Waals surface area (Å²) in [5, 5.41) is 8.24. The highest BCUT2D eigenvalue weighted by molar-refractivity contribution is 7.89. The smallest absolute Gasteiger partial charge is 0.324 e. The fourth-order valence-corrected chi connectivity index (χ4v) is 4.13. The Morgan fingerprint density at radius 1 is 1.16 bits per heavy atom. The van der Waals surface area contributed by atoms with Gasteiger partial charge < -0.3 is 9.15 Å². The van der Waals surface area contributed by atoms with Crippen LogP contribution in [0.25, 0.3) is 11.5 Å². The first kappa shape index (κ1) is 22.9. The maximum absolute atomic E-state index is 13.9. The molecule has 0 unspecified atom stereocenters. The second-order valence-electron chi connectivity index (χ2n) is 6.89. The van der Waals surface area contributed by atoms with Crippen molar-refractivity contribution in [2.45, 2.75) is 31.4 Å². The molecule has 0 aliphatic carbocycles. The first-order valence-electron chi connectivity index (χ1n) is 9.19. The highest BCUT2D eigenvalue weighted by atomic mass is 35.5. The van der Waals surface area contributed by atoms with Crippen molar-refractivity contribution in [3.63, 3.8) is 0 Å². The third-order valence-electron chi connectivity index (χ3n) is 4.22. The molecule has 0 radical (unpaired) electrons. The van der Waals surface area contributed by atoms with E-state index in [2.05, 4.69) is 14.9 Å². The van der Waals surface area contributed by atoms with E-state index in [-0.39, 0.29) is 18.4 Å². The van der Waals surface area contributed by atoms with E-state index in [1.807, 2.05) is 0 Å². The number of sulfonamides is 1. The molecule has 0 fully saturated rings. The number of halogens is 2. The number of carbonyl (C=O) groups is 1. The number of benzene rings is 2. The summed E-state index contributed by atoms with van der Waals surface area (Å²) in [7, 11) is -4.29. The average molecular weight is 468 g/mol. The molecule has 1 N–H and O–H groups in total. The summed E-state index contributed by atoms with van der Waals surface area (Å²) in [6.07, 6.45) is 0. The van der Waals surface area contributed by atoms with Gasteiger partial charge in [0, 0.05) is 10.6 Å². The number of aromatic nitrogens is 2. The average Bonchev–Trinajstić information content (AvgIpc) is 3.20. The van der Waals surface area contributed by atoms with Crippen molar-refractivity contribution < 1.29 is 26.8 Å². The van der Waals surface area contributed by atoms with Crippen LogP contribution < -0.4 is 4.72 Å². The lowest BCUT2D eigenvalue weighted by Crippen LogP contribution is -2.45. The van der Waals surface area contributed by atoms with Crippen molar-refractivity contribution in [1.29, 1.82) is 0 Å². The molecule has 8 nitrogen and oxygen atoms in total. The van der Waals surface area contributed by atoms with Gasteiger partial charge in [-0.1, -0.05) is 37.6 Å². The van der Waals surface area contributed by atoms with Crippen molar-refractivity contribution in [2.75, 3.05) is 0 Å². The minimum Gasteiger partial charge on any atom is -0.454 e. The van der Waals surface area contributed by atoms with Gasteiger partial charge in [0.25, 0.3) is 5.89 Å². The highest BCUT2D eigenvalue weighted by Gasteiger charge is 2.31. The van der Waals surface area contributed by atoms with Crippen LogP contribution >= 0.6 is 11.6 Å². The van der Waals surface area contributed by atoms with Crippen LogP contribution in [0, 0.1) is 11.7 Å². The molecule has 11 heteroatoms. The van der Waals surface area contributed by atoms with Crippen molar-refractivity contribution in [3.05, 3.63) is 65.3 Å². The van der Waals surface area contributed by atoms with Crippen LogP contribution in [0.4, 0.5) is 4.39 Å². The lowest BCUT2D eigenvalue weighted by Gasteiger charge is -2.20. The minimum absolute atomic E-state index is 0.0257. The Kier molecular flexibility index (Phi) is 7.04. The standard InChI is InChI=1S/C20H19ClFN3O5S/c1-12(2)18(25-31(27,28)16-6-4-3-5-15(16)22)20(26)29-11-17-23-24-19(30-17)13-7-9-14(21)10-8-13/h3-10,12,18,25H,11H2,1-2H3/t18-/m0/s1. The molecule has 0 bridgehead atoms. The fraction of sp³-hybridized carbons (Fsp3) is 0.250. The van der Waals surface area contributed by atoms with Gasteiger partial charge in [-0.15, -0.1) is 10.2 Å². The van der Waals surface area contributed by atoms with E-state index in [4.69, 9.17) is 20.8 Å². The van der Waals surface area contributed by atoms with Crippen LogP contribution in [0.2, 0.25) is 5.02 Å². The van der Waals surface area contributed by atoms with E-state index in [1.54, 1.807) is 38.1 Å².